The summed E-state index contributed by atoms with van der Waals surface area (Å²) < 4.78 is 65.0. The number of carbonyl (C=O) groups is 1. The molecule has 2 aromatic rings. The summed E-state index contributed by atoms with van der Waals surface area (Å²) in [4.78, 5) is 12.1. The quantitative estimate of drug-likeness (QED) is 0.750. The van der Waals surface area contributed by atoms with Crippen molar-refractivity contribution in [2.45, 2.75) is 11.1 Å². The zero-order valence-electron chi connectivity index (χ0n) is 13.4. The number of nitrogens with one attached hydrogen (secondary N) is 2. The number of alkyl halides is 3. The summed E-state index contributed by atoms with van der Waals surface area (Å²) in [5.74, 6) is -0.787. The molecule has 0 heterocycles. The molecule has 2 rings (SSSR count). The summed E-state index contributed by atoms with van der Waals surface area (Å²) >= 11 is 0. The fourth-order valence-electron chi connectivity index (χ4n) is 2.07. The van der Waals surface area contributed by atoms with Gasteiger partial charge in [-0.25, -0.2) is 13.1 Å². The maximum absolute atomic E-state index is 13.0. The van der Waals surface area contributed by atoms with Crippen molar-refractivity contribution >= 4 is 21.6 Å². The minimum Gasteiger partial charge on any atom is -0.321 e. The van der Waals surface area contributed by atoms with Gasteiger partial charge in [0, 0.05) is 12.1 Å². The molecule has 0 fully saturated rings. The molecule has 26 heavy (non-hydrogen) atoms. The Hall–Kier alpha value is -2.65. The third-order valence-corrected chi connectivity index (χ3v) is 4.76. The second kappa shape index (κ2) is 7.71. The van der Waals surface area contributed by atoms with Crippen molar-refractivity contribution in [1.29, 1.82) is 0 Å². The van der Waals surface area contributed by atoms with Crippen molar-refractivity contribution in [1.82, 2.24) is 4.72 Å². The number of amides is 1. The number of benzene rings is 2. The van der Waals surface area contributed by atoms with Gasteiger partial charge in [0.05, 0.1) is 16.1 Å². The fraction of sp³-hybridized carbons (Fsp3) is 0.118. The van der Waals surface area contributed by atoms with Gasteiger partial charge in [-0.15, -0.1) is 6.58 Å². The van der Waals surface area contributed by atoms with Crippen molar-refractivity contribution in [3.63, 3.8) is 0 Å². The molecular formula is C17H15F3N2O3S. The Kier molecular flexibility index (Phi) is 5.83. The summed E-state index contributed by atoms with van der Waals surface area (Å²) in [5.41, 5.74) is -1.33. The van der Waals surface area contributed by atoms with Crippen LogP contribution in [0.25, 0.3) is 0 Å². The molecule has 0 saturated heterocycles. The number of hydrogen-bond acceptors (Lipinski definition) is 3. The molecule has 1 amide bonds. The molecule has 0 aliphatic carbocycles. The van der Waals surface area contributed by atoms with Crippen molar-refractivity contribution in [3.05, 3.63) is 72.3 Å². The van der Waals surface area contributed by atoms with Crippen LogP contribution in [0.2, 0.25) is 0 Å². The molecule has 0 saturated carbocycles. The van der Waals surface area contributed by atoms with E-state index in [0.717, 1.165) is 12.1 Å². The Morgan fingerprint density at radius 2 is 1.69 bits per heavy atom. The van der Waals surface area contributed by atoms with E-state index in [-0.39, 0.29) is 22.7 Å². The van der Waals surface area contributed by atoms with Crippen LogP contribution in [0.4, 0.5) is 18.9 Å². The Morgan fingerprint density at radius 1 is 1.08 bits per heavy atom. The predicted octanol–water partition coefficient (Wildman–Crippen LogP) is 3.42. The van der Waals surface area contributed by atoms with Crippen LogP contribution >= 0.6 is 0 Å². The Labute approximate surface area is 148 Å². The van der Waals surface area contributed by atoms with Crippen molar-refractivity contribution in [3.8, 4) is 0 Å². The maximum atomic E-state index is 13.0. The Balaban J connectivity index is 2.21. The van der Waals surface area contributed by atoms with Crippen molar-refractivity contribution in [2.24, 2.45) is 0 Å². The number of anilines is 1. The Bertz CT molecular complexity index is 908. The molecule has 0 unspecified atom stereocenters. The summed E-state index contributed by atoms with van der Waals surface area (Å²) in [6.07, 6.45) is -3.24. The molecule has 0 aromatic heterocycles. The lowest BCUT2D eigenvalue weighted by Crippen LogP contribution is -2.23. The van der Waals surface area contributed by atoms with E-state index in [1.165, 1.54) is 42.5 Å². The number of rotatable bonds is 6. The summed E-state index contributed by atoms with van der Waals surface area (Å²) in [6, 6.07) is 9.39. The molecule has 0 spiro atoms. The van der Waals surface area contributed by atoms with Crippen molar-refractivity contribution < 1.29 is 26.4 Å². The molecule has 0 bridgehead atoms. The largest absolute Gasteiger partial charge is 0.418 e. The second-order valence-electron chi connectivity index (χ2n) is 5.16. The first-order valence-electron chi connectivity index (χ1n) is 7.33. The maximum Gasteiger partial charge on any atom is 0.418 e. The van der Waals surface area contributed by atoms with Gasteiger partial charge >= 0.3 is 6.18 Å². The van der Waals surface area contributed by atoms with Crippen LogP contribution < -0.4 is 10.0 Å². The highest BCUT2D eigenvalue weighted by Crippen LogP contribution is 2.34. The fourth-order valence-corrected chi connectivity index (χ4v) is 3.07. The second-order valence-corrected chi connectivity index (χ2v) is 6.93. The zero-order valence-corrected chi connectivity index (χ0v) is 14.2. The van der Waals surface area contributed by atoms with E-state index in [1.807, 2.05) is 0 Å². The number of carbonyl (C=O) groups excluding carboxylic acids is 1. The van der Waals surface area contributed by atoms with Crippen LogP contribution in [0.5, 0.6) is 0 Å². The van der Waals surface area contributed by atoms with Gasteiger partial charge in [0.25, 0.3) is 5.91 Å². The number of halogens is 3. The topological polar surface area (TPSA) is 75.3 Å². The first-order valence-corrected chi connectivity index (χ1v) is 8.81. The highest BCUT2D eigenvalue weighted by Gasteiger charge is 2.33. The van der Waals surface area contributed by atoms with Crippen LogP contribution in [0.15, 0.2) is 66.1 Å². The molecule has 138 valence electrons. The van der Waals surface area contributed by atoms with Gasteiger partial charge in [0.15, 0.2) is 0 Å². The van der Waals surface area contributed by atoms with E-state index in [9.17, 15) is 26.4 Å². The van der Waals surface area contributed by atoms with Gasteiger partial charge in [-0.2, -0.15) is 13.2 Å². The first kappa shape index (κ1) is 19.7. The minimum atomic E-state index is -4.61. The van der Waals surface area contributed by atoms with E-state index < -0.39 is 27.7 Å². The molecule has 2 N–H and O–H groups in total. The molecule has 0 aliphatic rings. The summed E-state index contributed by atoms with van der Waals surface area (Å²) in [6.45, 7) is 3.44. The van der Waals surface area contributed by atoms with Crippen LogP contribution in [-0.2, 0) is 16.2 Å². The van der Waals surface area contributed by atoms with E-state index >= 15 is 0 Å². The molecule has 0 atom stereocenters. The number of hydrogen-bond donors (Lipinski definition) is 2. The van der Waals surface area contributed by atoms with E-state index in [2.05, 4.69) is 16.6 Å². The molecule has 9 heteroatoms. The zero-order chi connectivity index (χ0) is 19.4. The number of para-hydroxylation sites is 1. The third-order valence-electron chi connectivity index (χ3n) is 3.33. The minimum absolute atomic E-state index is 0.0182. The molecular weight excluding hydrogens is 369 g/mol. The first-order chi connectivity index (χ1) is 12.1. The molecule has 0 radical (unpaired) electrons. The molecule has 0 aliphatic heterocycles. The number of sulfonamides is 1. The van der Waals surface area contributed by atoms with E-state index in [0.29, 0.717) is 0 Å². The highest BCUT2D eigenvalue weighted by molar-refractivity contribution is 7.89. The average Bonchev–Trinajstić information content (AvgIpc) is 2.59. The van der Waals surface area contributed by atoms with Crippen molar-refractivity contribution in [2.75, 3.05) is 11.9 Å². The monoisotopic (exact) mass is 384 g/mol. The van der Waals surface area contributed by atoms with Crippen LogP contribution in [0.1, 0.15) is 15.9 Å². The van der Waals surface area contributed by atoms with Gasteiger partial charge in [-0.05, 0) is 36.4 Å². The van der Waals surface area contributed by atoms with Crippen LogP contribution in [-0.4, -0.2) is 20.9 Å². The van der Waals surface area contributed by atoms with E-state index in [4.69, 9.17) is 0 Å². The average molecular weight is 384 g/mol. The summed E-state index contributed by atoms with van der Waals surface area (Å²) in [7, 11) is -3.75. The molecule has 2 aromatic carbocycles. The van der Waals surface area contributed by atoms with Gasteiger partial charge in [-0.1, -0.05) is 18.2 Å². The smallest absolute Gasteiger partial charge is 0.321 e. The van der Waals surface area contributed by atoms with Crippen LogP contribution in [0.3, 0.4) is 0 Å². The SMILES string of the molecule is C=CCNS(=O)(=O)c1ccc(C(=O)Nc2ccccc2C(F)(F)F)cc1. The normalized spacial score (nSPS) is 11.8. The predicted molar refractivity (Wildman–Crippen MR) is 91.2 cm³/mol. The van der Waals surface area contributed by atoms with Gasteiger partial charge < -0.3 is 5.32 Å². The highest BCUT2D eigenvalue weighted by atomic mass is 32.2. The third kappa shape index (κ3) is 4.70. The molecule has 5 nitrogen and oxygen atoms in total. The Morgan fingerprint density at radius 3 is 2.27 bits per heavy atom. The lowest BCUT2D eigenvalue weighted by atomic mass is 10.1. The van der Waals surface area contributed by atoms with Gasteiger partial charge in [0.2, 0.25) is 10.0 Å². The van der Waals surface area contributed by atoms with Gasteiger partial charge in [0.1, 0.15) is 0 Å². The van der Waals surface area contributed by atoms with E-state index in [1.54, 1.807) is 0 Å². The standard InChI is InChI=1S/C17H15F3N2O3S/c1-2-11-21-26(24,25)13-9-7-12(8-10-13)16(23)22-15-6-4-3-5-14(15)17(18,19)20/h2-10,21H,1,11H2,(H,22,23). The summed E-state index contributed by atoms with van der Waals surface area (Å²) in [5, 5.41) is 2.19. The van der Waals surface area contributed by atoms with Crippen LogP contribution in [0, 0.1) is 0 Å². The van der Waals surface area contributed by atoms with Gasteiger partial charge in [-0.3, -0.25) is 4.79 Å². The lowest BCUT2D eigenvalue weighted by molar-refractivity contribution is -0.136. The lowest BCUT2D eigenvalue weighted by Gasteiger charge is -2.13.